The molecule has 0 radical (unpaired) electrons. The molecule has 0 amide bonds. The van der Waals surface area contributed by atoms with Gasteiger partial charge in [-0.3, -0.25) is 0 Å². The fourth-order valence-electron chi connectivity index (χ4n) is 1.25. The minimum atomic E-state index is -4.36. The molecule has 1 aromatic carbocycles. The van der Waals surface area contributed by atoms with Crippen LogP contribution in [0.3, 0.4) is 0 Å². The third-order valence-electron chi connectivity index (χ3n) is 2.24. The Hall–Kier alpha value is -1.53. The average molecular weight is 310 g/mol. The van der Waals surface area contributed by atoms with E-state index in [0.29, 0.717) is 18.5 Å². The van der Waals surface area contributed by atoms with Crippen molar-refractivity contribution in [1.29, 1.82) is 0 Å². The standard InChI is InChI=1S/C13H14F3NO2.ClH/c14-13(15,16)11-5-2-10(3-6-11)4-7-12(18)19-9-1-8-17;/h2-7H,1,8-9,17H2;1H/b7-4+;. The van der Waals surface area contributed by atoms with Gasteiger partial charge in [0.2, 0.25) is 0 Å². The van der Waals surface area contributed by atoms with E-state index < -0.39 is 17.7 Å². The number of alkyl halides is 3. The van der Waals surface area contributed by atoms with Gasteiger partial charge in [0.15, 0.2) is 0 Å². The fourth-order valence-corrected chi connectivity index (χ4v) is 1.25. The maximum atomic E-state index is 12.3. The van der Waals surface area contributed by atoms with Crippen LogP contribution in [-0.4, -0.2) is 19.1 Å². The zero-order valence-corrected chi connectivity index (χ0v) is 11.3. The average Bonchev–Trinajstić information content (AvgIpc) is 2.36. The van der Waals surface area contributed by atoms with Crippen LogP contribution in [0, 0.1) is 0 Å². The van der Waals surface area contributed by atoms with E-state index in [0.717, 1.165) is 12.1 Å². The van der Waals surface area contributed by atoms with Gasteiger partial charge in [-0.05, 0) is 36.7 Å². The van der Waals surface area contributed by atoms with Crippen molar-refractivity contribution in [3.8, 4) is 0 Å². The van der Waals surface area contributed by atoms with Crippen molar-refractivity contribution in [2.75, 3.05) is 13.2 Å². The van der Waals surface area contributed by atoms with Gasteiger partial charge < -0.3 is 10.5 Å². The van der Waals surface area contributed by atoms with Gasteiger partial charge in [0, 0.05) is 6.08 Å². The molecule has 1 aromatic rings. The lowest BCUT2D eigenvalue weighted by Crippen LogP contribution is -2.07. The molecular formula is C13H15ClF3NO2. The third-order valence-corrected chi connectivity index (χ3v) is 2.24. The van der Waals surface area contributed by atoms with Crippen molar-refractivity contribution in [3.05, 3.63) is 41.5 Å². The van der Waals surface area contributed by atoms with E-state index in [1.165, 1.54) is 24.3 Å². The largest absolute Gasteiger partial charge is 0.462 e. The maximum Gasteiger partial charge on any atom is 0.416 e. The van der Waals surface area contributed by atoms with Gasteiger partial charge in [0.25, 0.3) is 0 Å². The van der Waals surface area contributed by atoms with E-state index in [9.17, 15) is 18.0 Å². The van der Waals surface area contributed by atoms with Crippen molar-refractivity contribution in [2.24, 2.45) is 5.73 Å². The molecule has 1 rings (SSSR count). The minimum absolute atomic E-state index is 0. The van der Waals surface area contributed by atoms with Crippen molar-refractivity contribution in [2.45, 2.75) is 12.6 Å². The molecule has 0 aliphatic carbocycles. The Kier molecular flexibility index (Phi) is 7.94. The third kappa shape index (κ3) is 6.58. The predicted octanol–water partition coefficient (Wildman–Crippen LogP) is 3.03. The minimum Gasteiger partial charge on any atom is -0.462 e. The molecule has 0 bridgehead atoms. The molecular weight excluding hydrogens is 295 g/mol. The molecule has 0 atom stereocenters. The highest BCUT2D eigenvalue weighted by molar-refractivity contribution is 5.87. The number of hydrogen-bond donors (Lipinski definition) is 1. The highest BCUT2D eigenvalue weighted by Gasteiger charge is 2.29. The number of carbonyl (C=O) groups is 1. The Balaban J connectivity index is 0.00000361. The first-order valence-electron chi connectivity index (χ1n) is 5.65. The summed E-state index contributed by atoms with van der Waals surface area (Å²) in [6, 6.07) is 4.48. The van der Waals surface area contributed by atoms with Gasteiger partial charge in [-0.25, -0.2) is 4.79 Å². The first-order chi connectivity index (χ1) is 8.93. The molecule has 20 heavy (non-hydrogen) atoms. The first kappa shape index (κ1) is 18.5. The van der Waals surface area contributed by atoms with Gasteiger partial charge >= 0.3 is 12.1 Å². The van der Waals surface area contributed by atoms with Crippen LogP contribution in [0.25, 0.3) is 6.08 Å². The van der Waals surface area contributed by atoms with E-state index in [-0.39, 0.29) is 19.0 Å². The van der Waals surface area contributed by atoms with Crippen LogP contribution in [0.1, 0.15) is 17.5 Å². The van der Waals surface area contributed by atoms with Crippen LogP contribution in [0.4, 0.5) is 13.2 Å². The molecule has 0 spiro atoms. The van der Waals surface area contributed by atoms with E-state index in [2.05, 4.69) is 0 Å². The summed E-state index contributed by atoms with van der Waals surface area (Å²) in [5, 5.41) is 0. The van der Waals surface area contributed by atoms with Crippen molar-refractivity contribution >= 4 is 24.5 Å². The quantitative estimate of drug-likeness (QED) is 0.517. The second-order valence-corrected chi connectivity index (χ2v) is 3.76. The lowest BCUT2D eigenvalue weighted by Gasteiger charge is -2.05. The Bertz CT molecular complexity index is 444. The Labute approximate surface area is 121 Å². The number of halogens is 4. The number of rotatable bonds is 5. The second-order valence-electron chi connectivity index (χ2n) is 3.76. The van der Waals surface area contributed by atoms with Gasteiger partial charge in [-0.1, -0.05) is 12.1 Å². The summed E-state index contributed by atoms with van der Waals surface area (Å²) < 4.78 is 41.7. The van der Waals surface area contributed by atoms with Crippen LogP contribution in [0.2, 0.25) is 0 Å². The Morgan fingerprint density at radius 2 is 1.85 bits per heavy atom. The summed E-state index contributed by atoms with van der Waals surface area (Å²) in [6.45, 7) is 0.655. The second kappa shape index (κ2) is 8.60. The number of esters is 1. The highest BCUT2D eigenvalue weighted by atomic mass is 35.5. The molecule has 0 aliphatic heterocycles. The lowest BCUT2D eigenvalue weighted by atomic mass is 10.1. The Morgan fingerprint density at radius 3 is 2.35 bits per heavy atom. The SMILES string of the molecule is Cl.NCCCOC(=O)/C=C/c1ccc(C(F)(F)F)cc1. The van der Waals surface area contributed by atoms with E-state index >= 15 is 0 Å². The zero-order valence-electron chi connectivity index (χ0n) is 10.5. The molecule has 0 saturated carbocycles. The molecule has 0 aliphatic rings. The molecule has 2 N–H and O–H groups in total. The topological polar surface area (TPSA) is 52.3 Å². The Morgan fingerprint density at radius 1 is 1.25 bits per heavy atom. The molecule has 0 saturated heterocycles. The van der Waals surface area contributed by atoms with Gasteiger partial charge in [0.1, 0.15) is 0 Å². The molecule has 112 valence electrons. The molecule has 0 aromatic heterocycles. The van der Waals surface area contributed by atoms with Crippen LogP contribution in [0.5, 0.6) is 0 Å². The summed E-state index contributed by atoms with van der Waals surface area (Å²) in [4.78, 5) is 11.2. The lowest BCUT2D eigenvalue weighted by molar-refractivity contribution is -0.138. The van der Waals surface area contributed by atoms with E-state index in [4.69, 9.17) is 10.5 Å². The number of hydrogen-bond acceptors (Lipinski definition) is 3. The van der Waals surface area contributed by atoms with Crippen molar-refractivity contribution in [3.63, 3.8) is 0 Å². The van der Waals surface area contributed by atoms with Crippen LogP contribution < -0.4 is 5.73 Å². The summed E-state index contributed by atoms with van der Waals surface area (Å²) in [7, 11) is 0. The summed E-state index contributed by atoms with van der Waals surface area (Å²) in [5.74, 6) is -0.548. The number of nitrogens with two attached hydrogens (primary N) is 1. The fraction of sp³-hybridized carbons (Fsp3) is 0.308. The highest BCUT2D eigenvalue weighted by Crippen LogP contribution is 2.29. The molecule has 7 heteroatoms. The van der Waals surface area contributed by atoms with Crippen LogP contribution >= 0.6 is 12.4 Å². The van der Waals surface area contributed by atoms with Crippen LogP contribution in [-0.2, 0) is 15.7 Å². The van der Waals surface area contributed by atoms with E-state index in [1.54, 1.807) is 0 Å². The predicted molar refractivity (Wildman–Crippen MR) is 72.4 cm³/mol. The normalized spacial score (nSPS) is 11.2. The smallest absolute Gasteiger partial charge is 0.416 e. The van der Waals surface area contributed by atoms with Gasteiger partial charge in [-0.15, -0.1) is 12.4 Å². The molecule has 3 nitrogen and oxygen atoms in total. The molecule has 0 unspecified atom stereocenters. The van der Waals surface area contributed by atoms with Crippen molar-refractivity contribution in [1.82, 2.24) is 0 Å². The summed E-state index contributed by atoms with van der Waals surface area (Å²) in [6.07, 6.45) is -1.23. The number of carbonyl (C=O) groups excluding carboxylic acids is 1. The number of ether oxygens (including phenoxy) is 1. The first-order valence-corrected chi connectivity index (χ1v) is 5.65. The monoisotopic (exact) mass is 309 g/mol. The van der Waals surface area contributed by atoms with E-state index in [1.807, 2.05) is 0 Å². The molecule has 0 fully saturated rings. The van der Waals surface area contributed by atoms with Gasteiger partial charge in [0.05, 0.1) is 12.2 Å². The zero-order chi connectivity index (χ0) is 14.3. The molecule has 0 heterocycles. The number of benzene rings is 1. The van der Waals surface area contributed by atoms with Gasteiger partial charge in [-0.2, -0.15) is 13.2 Å². The summed E-state index contributed by atoms with van der Waals surface area (Å²) >= 11 is 0. The van der Waals surface area contributed by atoms with Crippen LogP contribution in [0.15, 0.2) is 30.3 Å². The summed E-state index contributed by atoms with van der Waals surface area (Å²) in [5.41, 5.74) is 4.99. The maximum absolute atomic E-state index is 12.3. The van der Waals surface area contributed by atoms with Crippen molar-refractivity contribution < 1.29 is 22.7 Å².